The molecule has 1 aliphatic carbocycles. The largest absolute Gasteiger partial charge is 0.573 e. The first-order valence-corrected chi connectivity index (χ1v) is 15.1. The minimum absolute atomic E-state index is 0.173. The predicted molar refractivity (Wildman–Crippen MR) is 162 cm³/mol. The Morgan fingerprint density at radius 2 is 1.81 bits per heavy atom. The zero-order valence-electron chi connectivity index (χ0n) is 25.5. The molecule has 256 valence electrons. The summed E-state index contributed by atoms with van der Waals surface area (Å²) in [6.45, 7) is 2.06. The number of halogens is 4. The molecule has 1 fully saturated rings. The van der Waals surface area contributed by atoms with Crippen LogP contribution in [0.3, 0.4) is 0 Å². The van der Waals surface area contributed by atoms with Crippen molar-refractivity contribution in [2.75, 3.05) is 19.6 Å². The zero-order chi connectivity index (χ0) is 34.6. The Bertz CT molecular complexity index is 1520. The second-order valence-electron chi connectivity index (χ2n) is 11.1. The Morgan fingerprint density at radius 3 is 2.43 bits per heavy atom. The van der Waals surface area contributed by atoms with Crippen LogP contribution in [0, 0.1) is 11.3 Å². The molecule has 47 heavy (non-hydrogen) atoms. The number of hydrogen-bond donors (Lipinski definition) is 5. The number of alkyl halides is 3. The third kappa shape index (κ3) is 10.6. The third-order valence-electron chi connectivity index (χ3n) is 7.87. The molecule has 3 atom stereocenters. The van der Waals surface area contributed by atoms with Crippen LogP contribution >= 0.6 is 0 Å². The number of carboxylic acid groups (broad SMARTS) is 1. The quantitative estimate of drug-likeness (QED) is 0.128. The number of aliphatic hydroxyl groups is 2. The molecule has 1 aliphatic rings. The summed E-state index contributed by atoms with van der Waals surface area (Å²) in [5.74, 6) is -4.09. The fourth-order valence-electron chi connectivity index (χ4n) is 5.63. The number of benzene rings is 2. The molecule has 3 unspecified atom stereocenters. The normalized spacial score (nSPS) is 15.5. The smallest absolute Gasteiger partial charge is 0.479 e. The van der Waals surface area contributed by atoms with Gasteiger partial charge in [0, 0.05) is 33.6 Å². The first-order valence-electron chi connectivity index (χ1n) is 15.1. The highest BCUT2D eigenvalue weighted by Crippen LogP contribution is 2.40. The number of nitrogens with two attached hydrogens (primary N) is 1. The molecule has 6 N–H and O–H groups in total. The lowest BCUT2D eigenvalue weighted by molar-refractivity contribution is -0.274. The minimum atomic E-state index is -4.75. The molecule has 1 heterocycles. The van der Waals surface area contributed by atoms with Gasteiger partial charge in [-0.2, -0.15) is 5.26 Å². The molecule has 2 aromatic carbocycles. The summed E-state index contributed by atoms with van der Waals surface area (Å²) in [5.41, 5.74) is 9.02. The van der Waals surface area contributed by atoms with Crippen LogP contribution in [0.5, 0.6) is 5.75 Å². The van der Waals surface area contributed by atoms with Gasteiger partial charge in [-0.3, -0.25) is 4.94 Å². The second-order valence-corrected chi connectivity index (χ2v) is 11.1. The van der Waals surface area contributed by atoms with Crippen molar-refractivity contribution in [3.63, 3.8) is 0 Å². The van der Waals surface area contributed by atoms with Gasteiger partial charge in [-0.05, 0) is 86.8 Å². The van der Waals surface area contributed by atoms with E-state index in [0.717, 1.165) is 47.8 Å². The fourth-order valence-corrected chi connectivity index (χ4v) is 5.63. The Labute approximate surface area is 268 Å². The van der Waals surface area contributed by atoms with Crippen LogP contribution in [0.25, 0.3) is 10.9 Å². The van der Waals surface area contributed by atoms with E-state index >= 15 is 0 Å². The number of ether oxygens (including phenoxy) is 1. The molecule has 4 rings (SSSR count). The first kappa shape index (κ1) is 37.2. The van der Waals surface area contributed by atoms with E-state index in [1.807, 2.05) is 24.3 Å². The second kappa shape index (κ2) is 17.6. The number of aliphatic carboxylic acids is 1. The van der Waals surface area contributed by atoms with E-state index in [-0.39, 0.29) is 11.7 Å². The summed E-state index contributed by atoms with van der Waals surface area (Å²) < 4.78 is 56.3. The van der Waals surface area contributed by atoms with Crippen molar-refractivity contribution < 1.29 is 52.3 Å². The van der Waals surface area contributed by atoms with Gasteiger partial charge in [-0.25, -0.2) is 9.59 Å². The van der Waals surface area contributed by atoms with Gasteiger partial charge in [0.2, 0.25) is 0 Å². The lowest BCUT2D eigenvalue weighted by Gasteiger charge is -2.24. The average molecular weight is 667 g/mol. The molecule has 1 saturated carbocycles. The third-order valence-corrected chi connectivity index (χ3v) is 7.87. The summed E-state index contributed by atoms with van der Waals surface area (Å²) in [6, 6.07) is 14.6. The molecule has 0 radical (unpaired) electrons. The van der Waals surface area contributed by atoms with Crippen LogP contribution in [-0.2, 0) is 14.5 Å². The fraction of sp³-hybridized carbons (Fsp3) is 0.469. The number of carboxylic acids is 1. The van der Waals surface area contributed by atoms with Crippen molar-refractivity contribution in [2.24, 2.45) is 5.73 Å². The maximum atomic E-state index is 12.9. The van der Waals surface area contributed by atoms with Crippen LogP contribution in [0.1, 0.15) is 73.6 Å². The number of carbonyl (C=O) groups excluding carboxylic acids is 1. The lowest BCUT2D eigenvalue weighted by atomic mass is 9.88. The Hall–Kier alpha value is -4.23. The number of nitrogens with one attached hydrogen (secondary N) is 1. The zero-order valence-corrected chi connectivity index (χ0v) is 25.5. The van der Waals surface area contributed by atoms with Gasteiger partial charge >= 0.3 is 18.3 Å². The van der Waals surface area contributed by atoms with E-state index < -0.39 is 30.5 Å². The van der Waals surface area contributed by atoms with E-state index in [4.69, 9.17) is 21.1 Å². The number of hydrogen-bond acceptors (Lipinski definition) is 9. The number of nitrogens with zero attached hydrogens (tertiary/aromatic N) is 2. The van der Waals surface area contributed by atoms with Crippen LogP contribution in [-0.4, -0.2) is 70.0 Å². The van der Waals surface area contributed by atoms with Crippen molar-refractivity contribution in [1.29, 1.82) is 5.26 Å². The van der Waals surface area contributed by atoms with Gasteiger partial charge in [-0.1, -0.05) is 31.4 Å². The van der Waals surface area contributed by atoms with E-state index in [1.54, 1.807) is 6.07 Å². The van der Waals surface area contributed by atoms with Crippen LogP contribution in [0.15, 0.2) is 48.7 Å². The molecule has 0 bridgehead atoms. The monoisotopic (exact) mass is 666 g/mol. The summed E-state index contributed by atoms with van der Waals surface area (Å²) in [4.78, 5) is 22.3. The Balaban J connectivity index is 0.000000468. The number of rotatable bonds is 13. The number of carbonyl (C=O) groups is 2. The lowest BCUT2D eigenvalue weighted by Crippen LogP contribution is -2.39. The maximum Gasteiger partial charge on any atom is 0.573 e. The Morgan fingerprint density at radius 1 is 1.09 bits per heavy atom. The van der Waals surface area contributed by atoms with Gasteiger partial charge in [0.1, 0.15) is 5.75 Å². The SMILES string of the molecule is N#Cc1ccc2c(c1)c(C(CCNCCCN)c1cccc(OC(F)(F)F)c1)cn2C1CCCCC1.O=C(O)C(O)C(O)C(=O)OF. The van der Waals surface area contributed by atoms with Gasteiger partial charge in [0.05, 0.1) is 11.6 Å². The number of nitriles is 1. The van der Waals surface area contributed by atoms with Crippen LogP contribution in [0.4, 0.5) is 17.7 Å². The summed E-state index contributed by atoms with van der Waals surface area (Å²) >= 11 is 0. The van der Waals surface area contributed by atoms with E-state index in [0.29, 0.717) is 31.1 Å². The van der Waals surface area contributed by atoms with Crippen LogP contribution < -0.4 is 15.8 Å². The highest BCUT2D eigenvalue weighted by atomic mass is 19.4. The molecule has 11 nitrogen and oxygen atoms in total. The number of aliphatic hydroxyl groups excluding tert-OH is 2. The average Bonchev–Trinajstić information content (AvgIpc) is 3.43. The summed E-state index contributed by atoms with van der Waals surface area (Å²) in [7, 11) is 0. The van der Waals surface area contributed by atoms with Crippen LogP contribution in [0.2, 0.25) is 0 Å². The summed E-state index contributed by atoms with van der Waals surface area (Å²) in [5, 5.41) is 38.7. The minimum Gasteiger partial charge on any atom is -0.479 e. The predicted octanol–water partition coefficient (Wildman–Crippen LogP) is 4.60. The molecular weight excluding hydrogens is 628 g/mol. The van der Waals surface area contributed by atoms with Crippen molar-refractivity contribution in [1.82, 2.24) is 9.88 Å². The van der Waals surface area contributed by atoms with Crippen molar-refractivity contribution in [3.8, 4) is 11.8 Å². The first-order chi connectivity index (χ1) is 22.4. The molecule has 0 aliphatic heterocycles. The number of aromatic nitrogens is 1. The maximum absolute atomic E-state index is 12.9. The van der Waals surface area contributed by atoms with E-state index in [1.165, 1.54) is 31.4 Å². The molecule has 3 aromatic rings. The van der Waals surface area contributed by atoms with Crippen molar-refractivity contribution >= 4 is 22.8 Å². The summed E-state index contributed by atoms with van der Waals surface area (Å²) in [6.07, 6.45) is -0.0252. The van der Waals surface area contributed by atoms with Gasteiger partial charge in [0.15, 0.2) is 12.2 Å². The van der Waals surface area contributed by atoms with Gasteiger partial charge in [0.25, 0.3) is 0 Å². The molecule has 0 saturated heterocycles. The Kier molecular flexibility index (Phi) is 14.0. The topological polar surface area (TPSA) is 180 Å². The number of fused-ring (bicyclic) bond motifs is 1. The molecule has 0 amide bonds. The van der Waals surface area contributed by atoms with E-state index in [9.17, 15) is 32.5 Å². The van der Waals surface area contributed by atoms with E-state index in [2.05, 4.69) is 31.8 Å². The molecular formula is C32H38F4N4O7. The molecule has 15 heteroatoms. The highest BCUT2D eigenvalue weighted by molar-refractivity contribution is 5.86. The molecule has 1 aromatic heterocycles. The van der Waals surface area contributed by atoms with Gasteiger partial charge < -0.3 is 35.7 Å². The highest BCUT2D eigenvalue weighted by Gasteiger charge is 2.33. The van der Waals surface area contributed by atoms with Crippen molar-refractivity contribution in [2.45, 2.75) is 75.5 Å². The standard InChI is InChI=1S/C28H33F3N4O.C4H5FO6/c29-28(30,31)36-23-9-4-6-21(17-23)24(12-15-34-14-5-13-32)26-19-35(22-7-2-1-3-8-22)27-11-10-20(18-33)16-25(26)27;5-11-4(10)2(7)1(6)3(8)9/h4,6,9-11,16-17,19,22,24,34H,1-3,5,7-8,12-15,32H2;1-2,6-7H,(H,8,9). The van der Waals surface area contributed by atoms with Gasteiger partial charge in [-0.15, -0.1) is 13.2 Å². The molecule has 0 spiro atoms. The van der Waals surface area contributed by atoms with Crippen molar-refractivity contribution in [3.05, 3.63) is 65.4 Å².